The lowest BCUT2D eigenvalue weighted by Gasteiger charge is -2.20. The molecule has 0 aliphatic heterocycles. The van der Waals surface area contributed by atoms with Crippen molar-refractivity contribution in [1.29, 1.82) is 0 Å². The van der Waals surface area contributed by atoms with Crippen molar-refractivity contribution in [3.05, 3.63) is 27.9 Å². The summed E-state index contributed by atoms with van der Waals surface area (Å²) in [6.07, 6.45) is 1.87. The van der Waals surface area contributed by atoms with Crippen LogP contribution in [0.5, 0.6) is 0 Å². The molecule has 0 N–H and O–H groups in total. The van der Waals surface area contributed by atoms with Crippen molar-refractivity contribution in [2.45, 2.75) is 33.1 Å². The Bertz CT molecular complexity index is 371. The van der Waals surface area contributed by atoms with Crippen LogP contribution in [0.2, 0.25) is 0 Å². The van der Waals surface area contributed by atoms with Crippen molar-refractivity contribution in [2.24, 2.45) is 7.05 Å². The Morgan fingerprint density at radius 1 is 1.38 bits per heavy atom. The fourth-order valence-electron chi connectivity index (χ4n) is 1.36. The third kappa shape index (κ3) is 1.97. The van der Waals surface area contributed by atoms with Gasteiger partial charge in [-0.1, -0.05) is 20.8 Å². The van der Waals surface area contributed by atoms with Gasteiger partial charge in [0, 0.05) is 18.9 Å². The number of aryl methyl sites for hydroxylation is 2. The summed E-state index contributed by atoms with van der Waals surface area (Å²) >= 11 is 0. The second kappa shape index (κ2) is 2.98. The number of aromatic nitrogens is 2. The topological polar surface area (TPSA) is 34.9 Å². The first-order chi connectivity index (χ1) is 5.82. The van der Waals surface area contributed by atoms with Gasteiger partial charge in [0.2, 0.25) is 0 Å². The molecule has 0 aromatic carbocycles. The van der Waals surface area contributed by atoms with Crippen LogP contribution < -0.4 is 5.69 Å². The minimum atomic E-state index is -0.189. The minimum absolute atomic E-state index is 0.0442. The lowest BCUT2D eigenvalue weighted by Crippen LogP contribution is -2.25. The zero-order valence-corrected chi connectivity index (χ0v) is 8.88. The number of hydrogen-bond acceptors (Lipinski definition) is 2. The SMILES string of the molecule is Cc1nc(=O)n(C)cc1C(C)(C)C. The second-order valence-corrected chi connectivity index (χ2v) is 4.38. The second-order valence-electron chi connectivity index (χ2n) is 4.38. The average Bonchev–Trinajstić information content (AvgIpc) is 1.94. The largest absolute Gasteiger partial charge is 0.347 e. The standard InChI is InChI=1S/C10H16N2O/c1-7-8(10(2,3)4)6-12(5)9(13)11-7/h6H,1-5H3. The molecule has 0 aliphatic carbocycles. The predicted octanol–water partition coefficient (Wildman–Crippen LogP) is 1.39. The highest BCUT2D eigenvalue weighted by molar-refractivity contribution is 5.23. The van der Waals surface area contributed by atoms with E-state index in [4.69, 9.17) is 0 Å². The van der Waals surface area contributed by atoms with Crippen LogP contribution in [0.3, 0.4) is 0 Å². The molecule has 0 saturated heterocycles. The molecule has 0 fully saturated rings. The molecule has 3 nitrogen and oxygen atoms in total. The normalized spacial score (nSPS) is 11.8. The molecule has 0 bridgehead atoms. The zero-order valence-electron chi connectivity index (χ0n) is 8.88. The number of hydrogen-bond donors (Lipinski definition) is 0. The summed E-state index contributed by atoms with van der Waals surface area (Å²) in [4.78, 5) is 15.1. The molecule has 1 aromatic heterocycles. The van der Waals surface area contributed by atoms with E-state index in [0.717, 1.165) is 11.3 Å². The molecule has 0 atom stereocenters. The molecule has 1 heterocycles. The van der Waals surface area contributed by atoms with Crippen molar-refractivity contribution in [1.82, 2.24) is 9.55 Å². The third-order valence-corrected chi connectivity index (χ3v) is 2.09. The van der Waals surface area contributed by atoms with Gasteiger partial charge in [-0.3, -0.25) is 0 Å². The van der Waals surface area contributed by atoms with Gasteiger partial charge in [-0.15, -0.1) is 0 Å². The van der Waals surface area contributed by atoms with Crippen LogP contribution in [0.1, 0.15) is 32.0 Å². The van der Waals surface area contributed by atoms with E-state index in [2.05, 4.69) is 25.8 Å². The lowest BCUT2D eigenvalue weighted by atomic mass is 9.87. The quantitative estimate of drug-likeness (QED) is 0.604. The van der Waals surface area contributed by atoms with Gasteiger partial charge in [0.1, 0.15) is 0 Å². The van der Waals surface area contributed by atoms with Gasteiger partial charge in [0.05, 0.1) is 0 Å². The van der Waals surface area contributed by atoms with Gasteiger partial charge in [-0.25, -0.2) is 4.79 Å². The number of nitrogens with zero attached hydrogens (tertiary/aromatic N) is 2. The van der Waals surface area contributed by atoms with Crippen LogP contribution >= 0.6 is 0 Å². The summed E-state index contributed by atoms with van der Waals surface area (Å²) < 4.78 is 1.52. The van der Waals surface area contributed by atoms with Crippen LogP contribution in [-0.2, 0) is 12.5 Å². The van der Waals surface area contributed by atoms with E-state index < -0.39 is 0 Å². The average molecular weight is 180 g/mol. The Hall–Kier alpha value is -1.12. The van der Waals surface area contributed by atoms with Gasteiger partial charge in [-0.05, 0) is 17.9 Å². The van der Waals surface area contributed by atoms with Crippen molar-refractivity contribution in [3.8, 4) is 0 Å². The summed E-state index contributed by atoms with van der Waals surface area (Å²) in [6, 6.07) is 0. The molecule has 0 spiro atoms. The highest BCUT2D eigenvalue weighted by Gasteiger charge is 2.17. The van der Waals surface area contributed by atoms with E-state index in [9.17, 15) is 4.79 Å². The maximum Gasteiger partial charge on any atom is 0.347 e. The summed E-state index contributed by atoms with van der Waals surface area (Å²) in [5.41, 5.74) is 1.80. The van der Waals surface area contributed by atoms with E-state index in [0.29, 0.717) is 0 Å². The molecule has 0 radical (unpaired) electrons. The van der Waals surface area contributed by atoms with E-state index in [-0.39, 0.29) is 11.1 Å². The molecular weight excluding hydrogens is 164 g/mol. The summed E-state index contributed by atoms with van der Waals surface area (Å²) in [6.45, 7) is 8.21. The summed E-state index contributed by atoms with van der Waals surface area (Å²) in [5, 5.41) is 0. The van der Waals surface area contributed by atoms with Gasteiger partial charge in [0.15, 0.2) is 0 Å². The van der Waals surface area contributed by atoms with Crippen molar-refractivity contribution >= 4 is 0 Å². The van der Waals surface area contributed by atoms with Gasteiger partial charge in [0.25, 0.3) is 0 Å². The first-order valence-electron chi connectivity index (χ1n) is 4.37. The van der Waals surface area contributed by atoms with Gasteiger partial charge >= 0.3 is 5.69 Å². The van der Waals surface area contributed by atoms with Crippen LogP contribution in [0.15, 0.2) is 11.0 Å². The smallest absolute Gasteiger partial charge is 0.302 e. The lowest BCUT2D eigenvalue weighted by molar-refractivity contribution is 0.567. The molecule has 0 aliphatic rings. The Kier molecular flexibility index (Phi) is 2.28. The molecule has 1 aromatic rings. The van der Waals surface area contributed by atoms with Gasteiger partial charge < -0.3 is 4.57 Å². The van der Waals surface area contributed by atoms with Crippen molar-refractivity contribution in [3.63, 3.8) is 0 Å². The summed E-state index contributed by atoms with van der Waals surface area (Å²) in [7, 11) is 1.73. The maximum absolute atomic E-state index is 11.2. The molecular formula is C10H16N2O. The van der Waals surface area contributed by atoms with Crippen molar-refractivity contribution in [2.75, 3.05) is 0 Å². The van der Waals surface area contributed by atoms with Gasteiger partial charge in [-0.2, -0.15) is 4.98 Å². The predicted molar refractivity (Wildman–Crippen MR) is 52.9 cm³/mol. The molecule has 13 heavy (non-hydrogen) atoms. The molecule has 0 unspecified atom stereocenters. The van der Waals surface area contributed by atoms with E-state index in [1.54, 1.807) is 7.05 Å². The zero-order chi connectivity index (χ0) is 10.2. The van der Waals surface area contributed by atoms with Crippen LogP contribution in [-0.4, -0.2) is 9.55 Å². The van der Waals surface area contributed by atoms with E-state index in [1.165, 1.54) is 4.57 Å². The Labute approximate surface area is 78.4 Å². The molecule has 72 valence electrons. The molecule has 1 rings (SSSR count). The van der Waals surface area contributed by atoms with E-state index >= 15 is 0 Å². The van der Waals surface area contributed by atoms with Crippen molar-refractivity contribution < 1.29 is 0 Å². The fourth-order valence-corrected chi connectivity index (χ4v) is 1.36. The Morgan fingerprint density at radius 2 is 1.92 bits per heavy atom. The Balaban J connectivity index is 3.41. The molecule has 0 saturated carbocycles. The first kappa shape index (κ1) is 9.96. The van der Waals surface area contributed by atoms with Crippen LogP contribution in [0.4, 0.5) is 0 Å². The van der Waals surface area contributed by atoms with Crippen LogP contribution in [0, 0.1) is 6.92 Å². The molecule has 3 heteroatoms. The first-order valence-corrected chi connectivity index (χ1v) is 4.37. The third-order valence-electron chi connectivity index (χ3n) is 2.09. The maximum atomic E-state index is 11.2. The van der Waals surface area contributed by atoms with Crippen LogP contribution in [0.25, 0.3) is 0 Å². The monoisotopic (exact) mass is 180 g/mol. The number of rotatable bonds is 0. The highest BCUT2D eigenvalue weighted by Crippen LogP contribution is 2.22. The van der Waals surface area contributed by atoms with E-state index in [1.807, 2.05) is 13.1 Å². The minimum Gasteiger partial charge on any atom is -0.302 e. The molecule has 0 amide bonds. The highest BCUT2D eigenvalue weighted by atomic mass is 16.1. The fraction of sp³-hybridized carbons (Fsp3) is 0.600. The Morgan fingerprint density at radius 3 is 2.38 bits per heavy atom. The summed E-state index contributed by atoms with van der Waals surface area (Å²) in [5.74, 6) is 0.